The number of hydrogen-bond donors (Lipinski definition) is 0. The van der Waals surface area contributed by atoms with Gasteiger partial charge < -0.3 is 14.0 Å². The van der Waals surface area contributed by atoms with Crippen LogP contribution in [0.25, 0.3) is 0 Å². The number of ether oxygens (including phenoxy) is 2. The van der Waals surface area contributed by atoms with Gasteiger partial charge in [-0.05, 0) is 29.8 Å². The summed E-state index contributed by atoms with van der Waals surface area (Å²) in [5, 5.41) is 0. The first-order chi connectivity index (χ1) is 11.0. The lowest BCUT2D eigenvalue weighted by atomic mass is 9.95. The molecule has 6 heteroatoms. The van der Waals surface area contributed by atoms with Gasteiger partial charge in [0.15, 0.2) is 5.78 Å². The highest BCUT2D eigenvalue weighted by Crippen LogP contribution is 2.79. The summed E-state index contributed by atoms with van der Waals surface area (Å²) in [6, 6.07) is 9.58. The van der Waals surface area contributed by atoms with E-state index in [1.165, 1.54) is 0 Å². The monoisotopic (exact) mass is 439 g/mol. The van der Waals surface area contributed by atoms with Crippen LogP contribution in [0.15, 0.2) is 36.5 Å². The Morgan fingerprint density at radius 2 is 1.83 bits per heavy atom. The molecule has 1 aliphatic heterocycles. The highest BCUT2D eigenvalue weighted by molar-refractivity contribution is 9.25. The summed E-state index contributed by atoms with van der Waals surface area (Å²) in [6.45, 7) is 0.662. The fraction of sp³-hybridized carbons (Fsp3) is 0.353. The van der Waals surface area contributed by atoms with Crippen molar-refractivity contribution in [2.45, 2.75) is 15.7 Å². The van der Waals surface area contributed by atoms with Gasteiger partial charge in [-0.3, -0.25) is 4.79 Å². The molecule has 0 bridgehead atoms. The number of fused-ring (bicyclic) bond motifs is 1. The maximum atomic E-state index is 13.0. The van der Waals surface area contributed by atoms with E-state index in [4.69, 9.17) is 9.47 Å². The van der Waals surface area contributed by atoms with E-state index in [1.54, 1.807) is 14.2 Å². The van der Waals surface area contributed by atoms with Crippen LogP contribution < -0.4 is 9.47 Å². The molecule has 0 amide bonds. The normalized spacial score (nSPS) is 27.1. The van der Waals surface area contributed by atoms with Crippen LogP contribution in [-0.2, 0) is 6.54 Å². The van der Waals surface area contributed by atoms with Gasteiger partial charge in [-0.2, -0.15) is 0 Å². The van der Waals surface area contributed by atoms with Crippen LogP contribution in [0.2, 0.25) is 0 Å². The molecule has 2 aromatic rings. The van der Waals surface area contributed by atoms with Gasteiger partial charge in [-0.15, -0.1) is 0 Å². The van der Waals surface area contributed by atoms with E-state index in [1.807, 2.05) is 41.1 Å². The van der Waals surface area contributed by atoms with E-state index in [9.17, 15) is 4.79 Å². The van der Waals surface area contributed by atoms with Crippen LogP contribution in [0.5, 0.6) is 11.5 Å². The molecule has 1 fully saturated rings. The van der Waals surface area contributed by atoms with Gasteiger partial charge in [0.05, 0.1) is 25.3 Å². The number of carbonyl (C=O) groups is 1. The van der Waals surface area contributed by atoms with Gasteiger partial charge in [-0.25, -0.2) is 0 Å². The predicted octanol–water partition coefficient (Wildman–Crippen LogP) is 3.97. The molecule has 1 aromatic heterocycles. The summed E-state index contributed by atoms with van der Waals surface area (Å²) >= 11 is 7.50. The Hall–Kier alpha value is -1.27. The quantitative estimate of drug-likeness (QED) is 0.678. The predicted molar refractivity (Wildman–Crippen MR) is 94.1 cm³/mol. The summed E-state index contributed by atoms with van der Waals surface area (Å²) in [7, 11) is 3.26. The average molecular weight is 441 g/mol. The van der Waals surface area contributed by atoms with Gasteiger partial charge in [-0.1, -0.05) is 31.9 Å². The van der Waals surface area contributed by atoms with Crippen molar-refractivity contribution < 1.29 is 14.3 Å². The number of nitrogens with zero attached hydrogens (tertiary/aromatic N) is 1. The van der Waals surface area contributed by atoms with Crippen molar-refractivity contribution in [1.29, 1.82) is 0 Å². The summed E-state index contributed by atoms with van der Waals surface area (Å²) in [5.41, 5.74) is 1.28. The second-order valence-electron chi connectivity index (χ2n) is 6.02. The van der Waals surface area contributed by atoms with Crippen molar-refractivity contribution in [2.24, 2.45) is 5.41 Å². The second-order valence-corrected chi connectivity index (χ2v) is 9.59. The van der Waals surface area contributed by atoms with E-state index < -0.39 is 8.65 Å². The molecule has 1 aromatic carbocycles. The van der Waals surface area contributed by atoms with Gasteiger partial charge in [0.1, 0.15) is 14.7 Å². The molecule has 4 nitrogen and oxygen atoms in total. The van der Waals surface area contributed by atoms with E-state index in [2.05, 4.69) is 31.9 Å². The number of carbonyl (C=O) groups excluding carboxylic acids is 1. The first-order valence-electron chi connectivity index (χ1n) is 7.26. The minimum atomic E-state index is -0.513. The number of aromatic nitrogens is 1. The van der Waals surface area contributed by atoms with Crippen molar-refractivity contribution in [3.8, 4) is 11.5 Å². The zero-order valence-corrected chi connectivity index (χ0v) is 15.8. The lowest BCUT2D eigenvalue weighted by Gasteiger charge is -2.10. The zero-order chi connectivity index (χ0) is 16.4. The van der Waals surface area contributed by atoms with E-state index in [0.29, 0.717) is 6.54 Å². The Balaban J connectivity index is 1.80. The molecule has 1 spiro atoms. The Morgan fingerprint density at radius 1 is 1.17 bits per heavy atom. The lowest BCUT2D eigenvalue weighted by Crippen LogP contribution is -2.18. The SMILES string of the molecule is COc1cc(OC)cc([C@H]2C(Br)(Br)[C@@]23Cn2cccc2C3=O)c1. The van der Waals surface area contributed by atoms with Gasteiger partial charge in [0.2, 0.25) is 0 Å². The molecular weight excluding hydrogens is 426 g/mol. The highest BCUT2D eigenvalue weighted by Gasteiger charge is 2.81. The van der Waals surface area contributed by atoms with Gasteiger partial charge >= 0.3 is 0 Å². The van der Waals surface area contributed by atoms with Crippen molar-refractivity contribution in [2.75, 3.05) is 14.2 Å². The Labute approximate surface area is 151 Å². The summed E-state index contributed by atoms with van der Waals surface area (Å²) in [6.07, 6.45) is 1.96. The van der Waals surface area contributed by atoms with Crippen LogP contribution in [0, 0.1) is 5.41 Å². The molecule has 4 rings (SSSR count). The van der Waals surface area contributed by atoms with E-state index in [-0.39, 0.29) is 11.7 Å². The third-order valence-corrected chi connectivity index (χ3v) is 7.29. The number of halogens is 2. The maximum absolute atomic E-state index is 13.0. The molecule has 2 atom stereocenters. The molecule has 0 N–H and O–H groups in total. The fourth-order valence-corrected chi connectivity index (χ4v) is 5.90. The van der Waals surface area contributed by atoms with Crippen LogP contribution in [-0.4, -0.2) is 27.8 Å². The van der Waals surface area contributed by atoms with Crippen molar-refractivity contribution in [3.63, 3.8) is 0 Å². The average Bonchev–Trinajstić information content (AvgIpc) is 2.87. The minimum Gasteiger partial charge on any atom is -0.497 e. The molecule has 2 heterocycles. The molecule has 23 heavy (non-hydrogen) atoms. The van der Waals surface area contributed by atoms with Crippen LogP contribution in [0.4, 0.5) is 0 Å². The molecule has 0 unspecified atom stereocenters. The van der Waals surface area contributed by atoms with E-state index >= 15 is 0 Å². The number of Topliss-reactive ketones (excluding diaryl/α,β-unsaturated/α-hetero) is 1. The third kappa shape index (κ3) is 1.85. The summed E-state index contributed by atoms with van der Waals surface area (Å²) in [5.74, 6) is 1.62. The lowest BCUT2D eigenvalue weighted by molar-refractivity contribution is 0.0914. The van der Waals surface area contributed by atoms with Crippen molar-refractivity contribution in [3.05, 3.63) is 47.8 Å². The van der Waals surface area contributed by atoms with Gasteiger partial charge in [0, 0.05) is 24.7 Å². The molecule has 0 saturated heterocycles. The summed E-state index contributed by atoms with van der Waals surface area (Å²) < 4.78 is 12.3. The second kappa shape index (κ2) is 4.86. The molecule has 1 saturated carbocycles. The number of methoxy groups -OCH3 is 2. The number of hydrogen-bond acceptors (Lipinski definition) is 3. The van der Waals surface area contributed by atoms with Crippen LogP contribution in [0.1, 0.15) is 22.0 Å². The van der Waals surface area contributed by atoms with Gasteiger partial charge in [0.25, 0.3) is 0 Å². The van der Waals surface area contributed by atoms with Crippen LogP contribution >= 0.6 is 31.9 Å². The first kappa shape index (κ1) is 15.3. The van der Waals surface area contributed by atoms with Crippen molar-refractivity contribution >= 4 is 37.6 Å². The maximum Gasteiger partial charge on any atom is 0.190 e. The smallest absolute Gasteiger partial charge is 0.190 e. The zero-order valence-electron chi connectivity index (χ0n) is 12.7. The molecular formula is C17H15Br2NO3. The molecule has 120 valence electrons. The number of ketones is 1. The standard InChI is InChI=1S/C17H15Br2NO3/c1-22-11-6-10(7-12(8-11)23-2)14-16(17(14,18)19)9-20-5-3-4-13(20)15(16)21/h3-8,14H,9H2,1-2H3/t14-,16+/m1/s1. The van der Waals surface area contributed by atoms with Crippen LogP contribution in [0.3, 0.4) is 0 Å². The number of rotatable bonds is 3. The largest absolute Gasteiger partial charge is 0.497 e. The number of alkyl halides is 2. The molecule has 2 aliphatic rings. The fourth-order valence-electron chi connectivity index (χ4n) is 3.75. The summed E-state index contributed by atoms with van der Waals surface area (Å²) in [4.78, 5) is 13.0. The highest BCUT2D eigenvalue weighted by atomic mass is 79.9. The van der Waals surface area contributed by atoms with E-state index in [0.717, 1.165) is 22.8 Å². The Morgan fingerprint density at radius 3 is 2.39 bits per heavy atom. The van der Waals surface area contributed by atoms with Crippen molar-refractivity contribution in [1.82, 2.24) is 4.57 Å². The Bertz CT molecular complexity index is 792. The minimum absolute atomic E-state index is 0.00593. The topological polar surface area (TPSA) is 40.5 Å². The third-order valence-electron chi connectivity index (χ3n) is 4.96. The first-order valence-corrected chi connectivity index (χ1v) is 8.85. The number of benzene rings is 1. The molecule has 0 radical (unpaired) electrons. The Kier molecular flexibility index (Phi) is 3.23. The molecule has 1 aliphatic carbocycles.